The zero-order valence-corrected chi connectivity index (χ0v) is 25.6. The highest BCUT2D eigenvalue weighted by atomic mass is 16.4. The van der Waals surface area contributed by atoms with E-state index in [1.807, 2.05) is 30.3 Å². The lowest BCUT2D eigenvalue weighted by Gasteiger charge is -2.24. The molecule has 1 heterocycles. The quantitative estimate of drug-likeness (QED) is 0.182. The van der Waals surface area contributed by atoms with E-state index in [2.05, 4.69) is 162 Å². The molecule has 0 amide bonds. The lowest BCUT2D eigenvalue weighted by Crippen LogP contribution is -1.98. The minimum absolute atomic E-state index is 0.494. The molecule has 0 aliphatic rings. The van der Waals surface area contributed by atoms with Crippen LogP contribution in [0.5, 0.6) is 0 Å². The van der Waals surface area contributed by atoms with Crippen LogP contribution in [0.1, 0.15) is 0 Å². The van der Waals surface area contributed by atoms with Gasteiger partial charge >= 0.3 is 0 Å². The molecule has 222 valence electrons. The number of benzene rings is 7. The van der Waals surface area contributed by atoms with Gasteiger partial charge in [-0.25, -0.2) is 0 Å². The van der Waals surface area contributed by atoms with Crippen LogP contribution in [0.2, 0.25) is 0 Å². The van der Waals surface area contributed by atoms with Crippen LogP contribution in [0.3, 0.4) is 0 Å². The molecule has 0 radical (unpaired) electrons. The van der Waals surface area contributed by atoms with Gasteiger partial charge in [-0.05, 0) is 86.0 Å². The second-order valence-electron chi connectivity index (χ2n) is 11.4. The molecule has 0 aliphatic heterocycles. The van der Waals surface area contributed by atoms with Gasteiger partial charge in [0.25, 0.3) is 0 Å². The van der Waals surface area contributed by atoms with Gasteiger partial charge < -0.3 is 4.42 Å². The van der Waals surface area contributed by atoms with Crippen molar-refractivity contribution in [1.82, 2.24) is 10.2 Å². The Kier molecular flexibility index (Phi) is 7.54. The van der Waals surface area contributed by atoms with Crippen LogP contribution in [0.15, 0.2) is 186 Å². The molecule has 3 heteroatoms. The predicted octanol–water partition coefficient (Wildman–Crippen LogP) is 11.7. The van der Waals surface area contributed by atoms with Gasteiger partial charge in [-0.3, -0.25) is 0 Å². The number of hydrogen-bond donors (Lipinski definition) is 0. The predicted molar refractivity (Wildman–Crippen MR) is 192 cm³/mol. The lowest BCUT2D eigenvalue weighted by atomic mass is 9.79. The smallest absolute Gasteiger partial charge is 0.248 e. The van der Waals surface area contributed by atoms with Crippen LogP contribution in [0.4, 0.5) is 0 Å². The zero-order valence-electron chi connectivity index (χ0n) is 25.6. The van der Waals surface area contributed by atoms with Gasteiger partial charge in [-0.1, -0.05) is 152 Å². The Bertz CT molecular complexity index is 2240. The van der Waals surface area contributed by atoms with Crippen molar-refractivity contribution in [3.05, 3.63) is 182 Å². The molecule has 7 aromatic carbocycles. The Morgan fingerprint density at radius 1 is 0.277 bits per heavy atom. The second kappa shape index (κ2) is 12.6. The van der Waals surface area contributed by atoms with E-state index in [1.165, 1.54) is 38.9 Å². The molecule has 0 bridgehead atoms. The van der Waals surface area contributed by atoms with Crippen molar-refractivity contribution in [3.63, 3.8) is 0 Å². The summed E-state index contributed by atoms with van der Waals surface area (Å²) in [7, 11) is 0. The van der Waals surface area contributed by atoms with Crippen LogP contribution < -0.4 is 0 Å². The third-order valence-electron chi connectivity index (χ3n) is 8.49. The molecule has 0 saturated carbocycles. The minimum Gasteiger partial charge on any atom is -0.416 e. The fourth-order valence-corrected chi connectivity index (χ4v) is 6.29. The molecular weight excluding hydrogens is 572 g/mol. The monoisotopic (exact) mass is 602 g/mol. The van der Waals surface area contributed by atoms with Gasteiger partial charge in [0.1, 0.15) is 0 Å². The fourth-order valence-electron chi connectivity index (χ4n) is 6.29. The van der Waals surface area contributed by atoms with E-state index in [9.17, 15) is 0 Å². The first-order valence-corrected chi connectivity index (χ1v) is 15.8. The third kappa shape index (κ3) is 5.56. The average molecular weight is 603 g/mol. The second-order valence-corrected chi connectivity index (χ2v) is 11.4. The van der Waals surface area contributed by atoms with Gasteiger partial charge in [0.05, 0.1) is 0 Å². The summed E-state index contributed by atoms with van der Waals surface area (Å²) in [6.07, 6.45) is 0. The van der Waals surface area contributed by atoms with Crippen LogP contribution in [0.25, 0.3) is 78.5 Å². The van der Waals surface area contributed by atoms with E-state index in [-0.39, 0.29) is 0 Å². The van der Waals surface area contributed by atoms with Crippen LogP contribution in [-0.4, -0.2) is 10.2 Å². The summed E-state index contributed by atoms with van der Waals surface area (Å²) in [5, 5.41) is 8.68. The van der Waals surface area contributed by atoms with E-state index in [1.54, 1.807) is 0 Å². The molecule has 0 N–H and O–H groups in total. The number of aromatic nitrogens is 2. The van der Waals surface area contributed by atoms with Crippen molar-refractivity contribution >= 4 is 0 Å². The summed E-state index contributed by atoms with van der Waals surface area (Å²) < 4.78 is 6.09. The van der Waals surface area contributed by atoms with Crippen molar-refractivity contribution in [2.75, 3.05) is 0 Å². The maximum atomic E-state index is 6.09. The normalized spacial score (nSPS) is 11.0. The molecule has 0 saturated heterocycles. The van der Waals surface area contributed by atoms with E-state index < -0.39 is 0 Å². The van der Waals surface area contributed by atoms with E-state index >= 15 is 0 Å². The maximum absolute atomic E-state index is 6.09. The lowest BCUT2D eigenvalue weighted by molar-refractivity contribution is 0.584. The molecule has 0 fully saturated rings. The van der Waals surface area contributed by atoms with Crippen LogP contribution >= 0.6 is 0 Å². The molecule has 1 aromatic heterocycles. The Morgan fingerprint density at radius 3 is 1.00 bits per heavy atom. The molecule has 0 aliphatic carbocycles. The van der Waals surface area contributed by atoms with Gasteiger partial charge in [-0.2, -0.15) is 0 Å². The summed E-state index contributed by atoms with van der Waals surface area (Å²) in [5.74, 6) is 1.00. The zero-order chi connectivity index (χ0) is 31.4. The standard InChI is InChI=1S/C44H30N2O/c1-6-16-31(17-7-1)38-30-39(32-26-28-37(29-27-32)44-46-45-43(47-44)36-24-14-5-15-25-36)41(34-20-10-3-11-21-34)42(35-22-12-4-13-23-35)40(38)33-18-8-2-9-19-33/h1-30H. The molecule has 0 atom stereocenters. The first-order valence-electron chi connectivity index (χ1n) is 15.8. The molecule has 47 heavy (non-hydrogen) atoms. The van der Waals surface area contributed by atoms with Gasteiger partial charge in [-0.15, -0.1) is 10.2 Å². The Labute approximate surface area is 274 Å². The molecule has 8 rings (SSSR count). The van der Waals surface area contributed by atoms with Crippen molar-refractivity contribution in [2.45, 2.75) is 0 Å². The molecule has 3 nitrogen and oxygen atoms in total. The Morgan fingerprint density at radius 2 is 0.574 bits per heavy atom. The van der Waals surface area contributed by atoms with Gasteiger partial charge in [0, 0.05) is 11.1 Å². The molecule has 8 aromatic rings. The van der Waals surface area contributed by atoms with Crippen LogP contribution in [-0.2, 0) is 0 Å². The molecule has 0 spiro atoms. The van der Waals surface area contributed by atoms with Crippen molar-refractivity contribution in [1.29, 1.82) is 0 Å². The van der Waals surface area contributed by atoms with E-state index in [4.69, 9.17) is 4.42 Å². The van der Waals surface area contributed by atoms with E-state index in [0.29, 0.717) is 11.8 Å². The average Bonchev–Trinajstić information content (AvgIpc) is 3.67. The number of hydrogen-bond acceptors (Lipinski definition) is 3. The van der Waals surface area contributed by atoms with Crippen molar-refractivity contribution < 1.29 is 4.42 Å². The van der Waals surface area contributed by atoms with Crippen molar-refractivity contribution in [3.8, 4) is 78.5 Å². The SMILES string of the molecule is c1ccc(-c2nnc(-c3ccc(-c4cc(-c5ccccc5)c(-c5ccccc5)c(-c5ccccc5)c4-c4ccccc4)cc3)o2)cc1. The molecule has 0 unspecified atom stereocenters. The highest BCUT2D eigenvalue weighted by molar-refractivity contribution is 6.07. The highest BCUT2D eigenvalue weighted by Crippen LogP contribution is 2.50. The first-order chi connectivity index (χ1) is 23.3. The van der Waals surface area contributed by atoms with Gasteiger partial charge in [0.2, 0.25) is 11.8 Å². The summed E-state index contributed by atoms with van der Waals surface area (Å²) in [5.41, 5.74) is 13.5. The maximum Gasteiger partial charge on any atom is 0.248 e. The summed E-state index contributed by atoms with van der Waals surface area (Å²) >= 11 is 0. The highest BCUT2D eigenvalue weighted by Gasteiger charge is 2.23. The summed E-state index contributed by atoms with van der Waals surface area (Å²) in [6, 6.07) is 63.6. The van der Waals surface area contributed by atoms with Crippen LogP contribution in [0, 0.1) is 0 Å². The molecular formula is C44H30N2O. The van der Waals surface area contributed by atoms with E-state index in [0.717, 1.165) is 27.8 Å². The summed E-state index contributed by atoms with van der Waals surface area (Å²) in [6.45, 7) is 0. The first kappa shape index (κ1) is 28.2. The fraction of sp³-hybridized carbons (Fsp3) is 0. The minimum atomic E-state index is 0.494. The van der Waals surface area contributed by atoms with Gasteiger partial charge in [0.15, 0.2) is 0 Å². The van der Waals surface area contributed by atoms with Crippen molar-refractivity contribution in [2.24, 2.45) is 0 Å². The number of rotatable bonds is 7. The topological polar surface area (TPSA) is 38.9 Å². The number of nitrogens with zero attached hydrogens (tertiary/aromatic N) is 2. The third-order valence-corrected chi connectivity index (χ3v) is 8.49. The summed E-state index contributed by atoms with van der Waals surface area (Å²) in [4.78, 5) is 0. The Hall–Kier alpha value is -6.32. The largest absolute Gasteiger partial charge is 0.416 e. The Balaban J connectivity index is 1.38.